The minimum absolute atomic E-state index is 0.0237. The number of hydrogen-bond donors (Lipinski definition) is 2. The van der Waals surface area contributed by atoms with Gasteiger partial charge in [0.2, 0.25) is 5.75 Å². The highest BCUT2D eigenvalue weighted by Gasteiger charge is 2.22. The summed E-state index contributed by atoms with van der Waals surface area (Å²) in [7, 11) is 0. The summed E-state index contributed by atoms with van der Waals surface area (Å²) in [5.41, 5.74) is -0.119. The second-order valence-electron chi connectivity index (χ2n) is 4.85. The van der Waals surface area contributed by atoms with E-state index in [1.807, 2.05) is 0 Å². The van der Waals surface area contributed by atoms with Crippen molar-refractivity contribution in [3.63, 3.8) is 0 Å². The molecular weight excluding hydrogens is 350 g/mol. The molecule has 0 radical (unpaired) electrons. The van der Waals surface area contributed by atoms with Crippen LogP contribution in [0, 0.1) is 10.1 Å². The molecule has 0 heterocycles. The number of nitro groups is 1. The fourth-order valence-electron chi connectivity index (χ4n) is 1.97. The smallest absolute Gasteiger partial charge is 0.324 e. The van der Waals surface area contributed by atoms with E-state index < -0.39 is 30.0 Å². The molecule has 0 aliphatic carbocycles. The highest BCUT2D eigenvalue weighted by Crippen LogP contribution is 2.38. The van der Waals surface area contributed by atoms with Gasteiger partial charge in [-0.3, -0.25) is 24.7 Å². The second-order valence-corrected chi connectivity index (χ2v) is 4.85. The average Bonchev–Trinajstić information content (AvgIpc) is 2.53. The Bertz CT molecular complexity index is 688. The third kappa shape index (κ3) is 6.26. The molecule has 1 rings (SSSR count). The van der Waals surface area contributed by atoms with Crippen molar-refractivity contribution in [2.75, 3.05) is 26.3 Å². The summed E-state index contributed by atoms with van der Waals surface area (Å²) in [6.45, 7) is 2.52. The van der Waals surface area contributed by atoms with Crippen LogP contribution in [0.3, 0.4) is 0 Å². The molecular formula is C15H19N3O8. The monoisotopic (exact) mass is 369 g/mol. The Labute approximate surface area is 148 Å². The van der Waals surface area contributed by atoms with Crippen molar-refractivity contribution in [3.05, 3.63) is 27.8 Å². The van der Waals surface area contributed by atoms with E-state index in [-0.39, 0.29) is 36.0 Å². The van der Waals surface area contributed by atoms with E-state index in [1.165, 1.54) is 12.1 Å². The van der Waals surface area contributed by atoms with Crippen LogP contribution in [0.25, 0.3) is 0 Å². The highest BCUT2D eigenvalue weighted by molar-refractivity contribution is 5.83. The van der Waals surface area contributed by atoms with E-state index in [4.69, 9.17) is 19.7 Å². The lowest BCUT2D eigenvalue weighted by atomic mass is 10.2. The molecule has 0 fully saturated rings. The molecule has 26 heavy (non-hydrogen) atoms. The van der Waals surface area contributed by atoms with E-state index in [9.17, 15) is 19.7 Å². The number of carboxylic acids is 2. The van der Waals surface area contributed by atoms with E-state index in [2.05, 4.69) is 5.10 Å². The van der Waals surface area contributed by atoms with Crippen molar-refractivity contribution < 1.29 is 34.2 Å². The molecule has 142 valence electrons. The maximum Gasteiger partial charge on any atom is 0.324 e. The highest BCUT2D eigenvalue weighted by atomic mass is 16.6. The first-order valence-electron chi connectivity index (χ1n) is 7.59. The summed E-state index contributed by atoms with van der Waals surface area (Å²) in [5, 5.41) is 33.4. The molecule has 0 aromatic heterocycles. The molecule has 0 spiro atoms. The van der Waals surface area contributed by atoms with Gasteiger partial charge in [0, 0.05) is 11.6 Å². The van der Waals surface area contributed by atoms with Crippen molar-refractivity contribution in [2.45, 2.75) is 13.8 Å². The van der Waals surface area contributed by atoms with Crippen LogP contribution in [0.5, 0.6) is 11.5 Å². The molecule has 11 heteroatoms. The maximum absolute atomic E-state index is 11.3. The van der Waals surface area contributed by atoms with Crippen LogP contribution in [0.2, 0.25) is 0 Å². The van der Waals surface area contributed by atoms with Gasteiger partial charge in [-0.25, -0.2) is 0 Å². The molecule has 0 saturated heterocycles. The van der Waals surface area contributed by atoms with Gasteiger partial charge < -0.3 is 19.7 Å². The molecule has 1 aromatic carbocycles. The first kappa shape index (κ1) is 20.7. The molecule has 0 bridgehead atoms. The fraction of sp³-hybridized carbons (Fsp3) is 0.400. The molecule has 0 amide bonds. The predicted molar refractivity (Wildman–Crippen MR) is 89.9 cm³/mol. The number of hydrogen-bond acceptors (Lipinski definition) is 8. The molecule has 0 saturated carbocycles. The summed E-state index contributed by atoms with van der Waals surface area (Å²) in [4.78, 5) is 32.2. The Balaban J connectivity index is 3.26. The number of nitrogens with zero attached hydrogens (tertiary/aromatic N) is 3. The van der Waals surface area contributed by atoms with Gasteiger partial charge in [-0.2, -0.15) is 5.10 Å². The van der Waals surface area contributed by atoms with Crippen LogP contribution in [0.4, 0.5) is 5.69 Å². The van der Waals surface area contributed by atoms with Gasteiger partial charge in [-0.05, 0) is 19.9 Å². The molecule has 11 nitrogen and oxygen atoms in total. The molecule has 0 aliphatic rings. The third-order valence-electron chi connectivity index (χ3n) is 2.85. The Kier molecular flexibility index (Phi) is 7.80. The van der Waals surface area contributed by atoms with Gasteiger partial charge in [-0.15, -0.1) is 0 Å². The van der Waals surface area contributed by atoms with Crippen LogP contribution >= 0.6 is 0 Å². The average molecular weight is 369 g/mol. The Morgan fingerprint density at radius 2 is 1.77 bits per heavy atom. The quantitative estimate of drug-likeness (QED) is 0.333. The van der Waals surface area contributed by atoms with Gasteiger partial charge in [0.1, 0.15) is 13.1 Å². The zero-order chi connectivity index (χ0) is 19.7. The third-order valence-corrected chi connectivity index (χ3v) is 2.85. The zero-order valence-corrected chi connectivity index (χ0v) is 14.2. The second kappa shape index (κ2) is 9.81. The maximum atomic E-state index is 11.3. The lowest BCUT2D eigenvalue weighted by Gasteiger charge is -2.14. The van der Waals surface area contributed by atoms with Crippen LogP contribution < -0.4 is 9.47 Å². The van der Waals surface area contributed by atoms with Crippen molar-refractivity contribution >= 4 is 23.8 Å². The normalized spacial score (nSPS) is 10.5. The summed E-state index contributed by atoms with van der Waals surface area (Å²) in [6.07, 6.45) is 1.12. The van der Waals surface area contributed by atoms with Crippen LogP contribution in [0.15, 0.2) is 17.2 Å². The van der Waals surface area contributed by atoms with E-state index in [0.29, 0.717) is 0 Å². The van der Waals surface area contributed by atoms with Crippen molar-refractivity contribution in [1.29, 1.82) is 0 Å². The Hall–Kier alpha value is -3.37. The minimum atomic E-state index is -1.27. The molecule has 0 atom stereocenters. The van der Waals surface area contributed by atoms with Crippen LogP contribution in [0.1, 0.15) is 19.4 Å². The molecule has 0 aliphatic heterocycles. The number of hydrazone groups is 1. The Morgan fingerprint density at radius 3 is 2.23 bits per heavy atom. The number of ether oxygens (including phenoxy) is 2. The number of rotatable bonds is 11. The standard InChI is InChI=1S/C15H19N3O8/c1-3-25-12-6-10(5-11(18(23)24)15(12)26-4-2)7-16-17(8-13(19)20)9-14(21)22/h5-7H,3-4,8-9H2,1-2H3,(H,19,20)(H,21,22)/b16-7-. The number of benzene rings is 1. The first-order valence-corrected chi connectivity index (χ1v) is 7.59. The summed E-state index contributed by atoms with van der Waals surface area (Å²) >= 11 is 0. The number of carboxylic acid groups (broad SMARTS) is 2. The topological polar surface area (TPSA) is 152 Å². The van der Waals surface area contributed by atoms with E-state index >= 15 is 0 Å². The summed E-state index contributed by atoms with van der Waals surface area (Å²) < 4.78 is 10.7. The predicted octanol–water partition coefficient (Wildman–Crippen LogP) is 1.20. The Morgan fingerprint density at radius 1 is 1.19 bits per heavy atom. The first-order chi connectivity index (χ1) is 12.3. The summed E-state index contributed by atoms with van der Waals surface area (Å²) in [6, 6.07) is 2.61. The largest absolute Gasteiger partial charge is 0.490 e. The number of aliphatic carboxylic acids is 2. The number of carbonyl (C=O) groups is 2. The van der Waals surface area contributed by atoms with Gasteiger partial charge in [0.25, 0.3) is 0 Å². The summed E-state index contributed by atoms with van der Waals surface area (Å²) in [5.74, 6) is -2.43. The molecule has 2 N–H and O–H groups in total. The minimum Gasteiger partial charge on any atom is -0.490 e. The zero-order valence-electron chi connectivity index (χ0n) is 14.2. The van der Waals surface area contributed by atoms with Crippen molar-refractivity contribution in [2.24, 2.45) is 5.10 Å². The lowest BCUT2D eigenvalue weighted by molar-refractivity contribution is -0.385. The van der Waals surface area contributed by atoms with Crippen molar-refractivity contribution in [1.82, 2.24) is 5.01 Å². The van der Waals surface area contributed by atoms with E-state index in [1.54, 1.807) is 13.8 Å². The van der Waals surface area contributed by atoms with Crippen molar-refractivity contribution in [3.8, 4) is 11.5 Å². The van der Waals surface area contributed by atoms with Gasteiger partial charge in [0.05, 0.1) is 24.4 Å². The van der Waals surface area contributed by atoms with Crippen LogP contribution in [-0.4, -0.2) is 64.6 Å². The molecule has 0 unspecified atom stereocenters. The van der Waals surface area contributed by atoms with Gasteiger partial charge >= 0.3 is 17.6 Å². The fourth-order valence-corrected chi connectivity index (χ4v) is 1.97. The molecule has 1 aromatic rings. The van der Waals surface area contributed by atoms with Gasteiger partial charge in [-0.1, -0.05) is 0 Å². The van der Waals surface area contributed by atoms with Gasteiger partial charge in [0.15, 0.2) is 5.75 Å². The van der Waals surface area contributed by atoms with Crippen LogP contribution in [-0.2, 0) is 9.59 Å². The lowest BCUT2D eigenvalue weighted by Crippen LogP contribution is -2.30. The van der Waals surface area contributed by atoms with E-state index in [0.717, 1.165) is 11.2 Å². The number of nitro benzene ring substituents is 1. The SMILES string of the molecule is CCOc1cc(/C=N\N(CC(=O)O)CC(=O)O)cc([N+](=O)[O-])c1OCC.